The normalized spacial score (nSPS) is 16.6. The second-order valence-corrected chi connectivity index (χ2v) is 5.38. The van der Waals surface area contributed by atoms with E-state index in [0.717, 1.165) is 25.2 Å². The summed E-state index contributed by atoms with van der Waals surface area (Å²) < 4.78 is 0. The van der Waals surface area contributed by atoms with Gasteiger partial charge in [-0.3, -0.25) is 0 Å². The molecule has 0 spiro atoms. The van der Waals surface area contributed by atoms with Crippen LogP contribution in [-0.4, -0.2) is 10.7 Å². The zero-order valence-electron chi connectivity index (χ0n) is 9.93. The highest BCUT2D eigenvalue weighted by atomic mass is 16.3. The van der Waals surface area contributed by atoms with Crippen LogP contribution in [0.15, 0.2) is 0 Å². The van der Waals surface area contributed by atoms with Crippen molar-refractivity contribution in [3.63, 3.8) is 0 Å². The topological polar surface area (TPSA) is 20.2 Å². The first-order chi connectivity index (χ1) is 5.83. The highest BCUT2D eigenvalue weighted by Gasteiger charge is 2.20. The lowest BCUT2D eigenvalue weighted by Crippen LogP contribution is -2.26. The molecule has 0 aliphatic heterocycles. The maximum Gasteiger partial charge on any atom is 0.0622 e. The Labute approximate surface area is 83.5 Å². The first kappa shape index (κ1) is 13.0. The van der Waals surface area contributed by atoms with Crippen molar-refractivity contribution in [2.75, 3.05) is 0 Å². The lowest BCUT2D eigenvalue weighted by Gasteiger charge is -2.25. The molecular weight excluding hydrogens is 160 g/mol. The molecule has 1 N–H and O–H groups in total. The fraction of sp³-hybridized carbons (Fsp3) is 1.00. The third-order valence-corrected chi connectivity index (χ3v) is 2.34. The Hall–Kier alpha value is -0.0400. The van der Waals surface area contributed by atoms with Crippen molar-refractivity contribution in [2.24, 2.45) is 11.8 Å². The third-order valence-electron chi connectivity index (χ3n) is 2.34. The van der Waals surface area contributed by atoms with E-state index in [4.69, 9.17) is 0 Å². The SMILES string of the molecule is CC(C)CCCC(C)(O)CC(C)C. The predicted octanol–water partition coefficient (Wildman–Crippen LogP) is 3.61. The zero-order valence-corrected chi connectivity index (χ0v) is 9.93. The van der Waals surface area contributed by atoms with Crippen LogP contribution in [-0.2, 0) is 0 Å². The molecule has 0 saturated heterocycles. The van der Waals surface area contributed by atoms with E-state index >= 15 is 0 Å². The summed E-state index contributed by atoms with van der Waals surface area (Å²) in [6.45, 7) is 10.8. The van der Waals surface area contributed by atoms with E-state index in [9.17, 15) is 5.11 Å². The first-order valence-corrected chi connectivity index (χ1v) is 5.56. The molecule has 1 unspecified atom stereocenters. The third kappa shape index (κ3) is 8.29. The fourth-order valence-corrected chi connectivity index (χ4v) is 1.87. The Kier molecular flexibility index (Phi) is 5.62. The molecule has 0 fully saturated rings. The summed E-state index contributed by atoms with van der Waals surface area (Å²) in [6.07, 6.45) is 4.25. The van der Waals surface area contributed by atoms with Gasteiger partial charge in [0.05, 0.1) is 5.60 Å². The maximum atomic E-state index is 10.00. The minimum atomic E-state index is -0.441. The summed E-state index contributed by atoms with van der Waals surface area (Å²) in [5.74, 6) is 1.35. The number of hydrogen-bond donors (Lipinski definition) is 1. The summed E-state index contributed by atoms with van der Waals surface area (Å²) in [7, 11) is 0. The minimum Gasteiger partial charge on any atom is -0.390 e. The van der Waals surface area contributed by atoms with E-state index < -0.39 is 5.60 Å². The number of hydrogen-bond acceptors (Lipinski definition) is 1. The van der Waals surface area contributed by atoms with Crippen molar-refractivity contribution in [3.8, 4) is 0 Å². The van der Waals surface area contributed by atoms with Gasteiger partial charge in [0, 0.05) is 0 Å². The van der Waals surface area contributed by atoms with Gasteiger partial charge in [0.25, 0.3) is 0 Å². The van der Waals surface area contributed by atoms with Gasteiger partial charge in [-0.2, -0.15) is 0 Å². The van der Waals surface area contributed by atoms with Crippen molar-refractivity contribution in [2.45, 2.75) is 65.9 Å². The molecule has 0 aliphatic carbocycles. The molecule has 13 heavy (non-hydrogen) atoms. The van der Waals surface area contributed by atoms with Crippen molar-refractivity contribution < 1.29 is 5.11 Å². The van der Waals surface area contributed by atoms with Crippen LogP contribution in [0, 0.1) is 11.8 Å². The number of rotatable bonds is 6. The fourth-order valence-electron chi connectivity index (χ4n) is 1.87. The van der Waals surface area contributed by atoms with Gasteiger partial charge >= 0.3 is 0 Å². The smallest absolute Gasteiger partial charge is 0.0622 e. The van der Waals surface area contributed by atoms with Gasteiger partial charge < -0.3 is 5.11 Å². The molecule has 0 radical (unpaired) electrons. The quantitative estimate of drug-likeness (QED) is 0.672. The van der Waals surface area contributed by atoms with E-state index in [-0.39, 0.29) is 0 Å². The van der Waals surface area contributed by atoms with Crippen LogP contribution in [0.5, 0.6) is 0 Å². The predicted molar refractivity (Wildman–Crippen MR) is 58.8 cm³/mol. The van der Waals surface area contributed by atoms with Crippen LogP contribution in [0.3, 0.4) is 0 Å². The van der Waals surface area contributed by atoms with Gasteiger partial charge in [-0.15, -0.1) is 0 Å². The second kappa shape index (κ2) is 5.64. The zero-order chi connectivity index (χ0) is 10.5. The molecule has 0 aromatic heterocycles. The summed E-state index contributed by atoms with van der Waals surface area (Å²) in [6, 6.07) is 0. The van der Waals surface area contributed by atoms with E-state index in [0.29, 0.717) is 5.92 Å². The molecule has 0 aromatic carbocycles. The van der Waals surface area contributed by atoms with Gasteiger partial charge in [0.2, 0.25) is 0 Å². The second-order valence-electron chi connectivity index (χ2n) is 5.38. The van der Waals surface area contributed by atoms with Crippen LogP contribution in [0.1, 0.15) is 60.3 Å². The molecular formula is C12H26O. The van der Waals surface area contributed by atoms with Gasteiger partial charge in [-0.05, 0) is 31.6 Å². The molecule has 0 aromatic rings. The average molecular weight is 186 g/mol. The molecule has 0 aliphatic rings. The maximum absolute atomic E-state index is 10.00. The van der Waals surface area contributed by atoms with Crippen molar-refractivity contribution >= 4 is 0 Å². The minimum absolute atomic E-state index is 0.441. The van der Waals surface area contributed by atoms with E-state index in [1.54, 1.807) is 0 Å². The molecule has 0 rings (SSSR count). The standard InChI is InChI=1S/C12H26O/c1-10(2)7-6-8-12(5,13)9-11(3)4/h10-11,13H,6-9H2,1-5H3. The molecule has 0 amide bonds. The van der Waals surface area contributed by atoms with Crippen LogP contribution in [0.25, 0.3) is 0 Å². The van der Waals surface area contributed by atoms with Crippen molar-refractivity contribution in [1.82, 2.24) is 0 Å². The molecule has 1 atom stereocenters. The molecule has 0 saturated carbocycles. The summed E-state index contributed by atoms with van der Waals surface area (Å²) in [5, 5.41) is 10.00. The number of aliphatic hydroxyl groups is 1. The van der Waals surface area contributed by atoms with Gasteiger partial charge in [0.15, 0.2) is 0 Å². The molecule has 1 heteroatoms. The largest absolute Gasteiger partial charge is 0.390 e. The Morgan fingerprint density at radius 3 is 2.00 bits per heavy atom. The summed E-state index contributed by atoms with van der Waals surface area (Å²) >= 11 is 0. The Morgan fingerprint density at radius 1 is 1.08 bits per heavy atom. The molecule has 0 bridgehead atoms. The Bertz CT molecular complexity index is 125. The van der Waals surface area contributed by atoms with Crippen molar-refractivity contribution in [3.05, 3.63) is 0 Å². The van der Waals surface area contributed by atoms with Gasteiger partial charge in [0.1, 0.15) is 0 Å². The van der Waals surface area contributed by atoms with Crippen LogP contribution in [0.2, 0.25) is 0 Å². The van der Waals surface area contributed by atoms with E-state index in [2.05, 4.69) is 27.7 Å². The summed E-state index contributed by atoms with van der Waals surface area (Å²) in [5.41, 5.74) is -0.441. The first-order valence-electron chi connectivity index (χ1n) is 5.56. The average Bonchev–Trinajstić information content (AvgIpc) is 1.81. The summed E-state index contributed by atoms with van der Waals surface area (Å²) in [4.78, 5) is 0. The van der Waals surface area contributed by atoms with Gasteiger partial charge in [-0.25, -0.2) is 0 Å². The Morgan fingerprint density at radius 2 is 1.62 bits per heavy atom. The van der Waals surface area contributed by atoms with E-state index in [1.165, 1.54) is 6.42 Å². The van der Waals surface area contributed by atoms with E-state index in [1.807, 2.05) is 6.92 Å². The van der Waals surface area contributed by atoms with Crippen LogP contribution in [0.4, 0.5) is 0 Å². The lowest BCUT2D eigenvalue weighted by atomic mass is 9.88. The van der Waals surface area contributed by atoms with Crippen LogP contribution < -0.4 is 0 Å². The Balaban J connectivity index is 3.62. The highest BCUT2D eigenvalue weighted by molar-refractivity contribution is 4.73. The van der Waals surface area contributed by atoms with Crippen LogP contribution >= 0.6 is 0 Å². The molecule has 1 nitrogen and oxygen atoms in total. The monoisotopic (exact) mass is 186 g/mol. The highest BCUT2D eigenvalue weighted by Crippen LogP contribution is 2.23. The molecule has 0 heterocycles. The van der Waals surface area contributed by atoms with Crippen molar-refractivity contribution in [1.29, 1.82) is 0 Å². The lowest BCUT2D eigenvalue weighted by molar-refractivity contribution is 0.0268. The van der Waals surface area contributed by atoms with Gasteiger partial charge in [-0.1, -0.05) is 40.5 Å². The molecule has 80 valence electrons.